The molecule has 0 aliphatic carbocycles. The van der Waals surface area contributed by atoms with Crippen molar-refractivity contribution in [2.75, 3.05) is 31.5 Å². The number of nitrogens with one attached hydrogen (secondary N) is 2. The topological polar surface area (TPSA) is 95.6 Å². The lowest BCUT2D eigenvalue weighted by molar-refractivity contribution is -0.128. The summed E-state index contributed by atoms with van der Waals surface area (Å²) in [5.41, 5.74) is 2.02. The van der Waals surface area contributed by atoms with Gasteiger partial charge in [-0.1, -0.05) is 18.2 Å². The van der Waals surface area contributed by atoms with E-state index in [1.54, 1.807) is 21.9 Å². The van der Waals surface area contributed by atoms with Crippen molar-refractivity contribution in [3.05, 3.63) is 71.9 Å². The van der Waals surface area contributed by atoms with Crippen molar-refractivity contribution in [1.29, 1.82) is 0 Å². The second kappa shape index (κ2) is 7.21. The smallest absolute Gasteiger partial charge is 0.317 e. The quantitative estimate of drug-likeness (QED) is 0.639. The number of carbonyl (C=O) groups is 2. The van der Waals surface area contributed by atoms with Gasteiger partial charge in [-0.3, -0.25) is 14.4 Å². The molecular weight excluding hydrogens is 420 g/mol. The number of para-hydroxylation sites is 1. The first-order chi connectivity index (χ1) is 16.0. The first-order valence-electron chi connectivity index (χ1n) is 11.2. The standard InChI is InChI=1S/C24H26N6O3/c1-28-11-17(9-26-28)12-29-13-23(14-30(15-23)22(32)25-10-18-5-4-8-33-18)24(16-29)19-6-2-3-7-20(19)27-21(24)31/h2-9,11H,10,12-16H2,1H3,(H,25,32)(H,27,31). The van der Waals surface area contributed by atoms with E-state index in [1.165, 1.54) is 0 Å². The second-order valence-electron chi connectivity index (χ2n) is 9.45. The van der Waals surface area contributed by atoms with Gasteiger partial charge in [0.15, 0.2) is 0 Å². The molecule has 2 aromatic heterocycles. The van der Waals surface area contributed by atoms with Gasteiger partial charge in [-0.05, 0) is 23.8 Å². The Morgan fingerprint density at radius 3 is 2.79 bits per heavy atom. The van der Waals surface area contributed by atoms with Crippen molar-refractivity contribution in [3.63, 3.8) is 0 Å². The van der Waals surface area contributed by atoms with Gasteiger partial charge in [0.1, 0.15) is 5.76 Å². The van der Waals surface area contributed by atoms with E-state index in [0.29, 0.717) is 31.9 Å². The van der Waals surface area contributed by atoms with Crippen molar-refractivity contribution in [1.82, 2.24) is 24.9 Å². The third-order valence-electron chi connectivity index (χ3n) is 7.35. The Bertz CT molecular complexity index is 1210. The average Bonchev–Trinajstić information content (AvgIpc) is 3.54. The van der Waals surface area contributed by atoms with Crippen LogP contribution in [0.3, 0.4) is 0 Å². The lowest BCUT2D eigenvalue weighted by Crippen LogP contribution is -2.69. The zero-order valence-corrected chi connectivity index (χ0v) is 18.5. The van der Waals surface area contributed by atoms with E-state index in [4.69, 9.17) is 4.42 Å². The number of likely N-dealkylation sites (tertiary alicyclic amines) is 2. The largest absolute Gasteiger partial charge is 0.467 e. The maximum atomic E-state index is 13.5. The summed E-state index contributed by atoms with van der Waals surface area (Å²) in [6.45, 7) is 3.48. The lowest BCUT2D eigenvalue weighted by Gasteiger charge is -2.54. The first-order valence-corrected chi connectivity index (χ1v) is 11.2. The molecule has 0 bridgehead atoms. The van der Waals surface area contributed by atoms with E-state index < -0.39 is 5.41 Å². The van der Waals surface area contributed by atoms with Gasteiger partial charge in [0.25, 0.3) is 0 Å². The number of hydrogen-bond donors (Lipinski definition) is 2. The molecule has 3 aliphatic rings. The van der Waals surface area contributed by atoms with Gasteiger partial charge in [-0.2, -0.15) is 5.10 Å². The number of anilines is 1. The molecule has 9 heteroatoms. The normalized spacial score (nSPS) is 23.1. The highest BCUT2D eigenvalue weighted by Crippen LogP contribution is 2.58. The second-order valence-corrected chi connectivity index (χ2v) is 9.45. The highest BCUT2D eigenvalue weighted by molar-refractivity contribution is 6.08. The van der Waals surface area contributed by atoms with Crippen LogP contribution in [-0.4, -0.2) is 57.7 Å². The number of urea groups is 1. The van der Waals surface area contributed by atoms with Crippen LogP contribution >= 0.6 is 0 Å². The molecule has 0 radical (unpaired) electrons. The summed E-state index contributed by atoms with van der Waals surface area (Å²) in [5.74, 6) is 0.746. The molecule has 2 saturated heterocycles. The Labute approximate surface area is 191 Å². The van der Waals surface area contributed by atoms with E-state index in [1.807, 2.05) is 43.7 Å². The zero-order valence-electron chi connectivity index (χ0n) is 18.5. The molecule has 5 heterocycles. The van der Waals surface area contributed by atoms with Crippen LogP contribution in [0.2, 0.25) is 0 Å². The Balaban J connectivity index is 1.27. The minimum absolute atomic E-state index is 0.0352. The molecule has 1 aromatic carbocycles. The number of fused-ring (bicyclic) bond motifs is 3. The zero-order chi connectivity index (χ0) is 22.6. The Hall–Kier alpha value is -3.59. The Morgan fingerprint density at radius 1 is 1.18 bits per heavy atom. The number of hydrogen-bond acceptors (Lipinski definition) is 5. The highest BCUT2D eigenvalue weighted by Gasteiger charge is 2.70. The van der Waals surface area contributed by atoms with Crippen molar-refractivity contribution in [3.8, 4) is 0 Å². The molecule has 170 valence electrons. The van der Waals surface area contributed by atoms with Crippen molar-refractivity contribution in [2.45, 2.75) is 18.5 Å². The Morgan fingerprint density at radius 2 is 2.03 bits per heavy atom. The summed E-state index contributed by atoms with van der Waals surface area (Å²) in [4.78, 5) is 30.5. The molecule has 0 saturated carbocycles. The third-order valence-corrected chi connectivity index (χ3v) is 7.35. The number of amides is 3. The fourth-order valence-electron chi connectivity index (χ4n) is 5.93. The van der Waals surface area contributed by atoms with Crippen LogP contribution in [-0.2, 0) is 30.3 Å². The number of benzene rings is 1. The van der Waals surface area contributed by atoms with Gasteiger partial charge in [-0.15, -0.1) is 0 Å². The molecule has 3 aliphatic heterocycles. The summed E-state index contributed by atoms with van der Waals surface area (Å²) in [6, 6.07) is 11.5. The van der Waals surface area contributed by atoms with Gasteiger partial charge in [0.2, 0.25) is 5.91 Å². The fourth-order valence-corrected chi connectivity index (χ4v) is 5.93. The minimum Gasteiger partial charge on any atom is -0.467 e. The van der Waals surface area contributed by atoms with Gasteiger partial charge >= 0.3 is 6.03 Å². The summed E-state index contributed by atoms with van der Waals surface area (Å²) < 4.78 is 7.11. The van der Waals surface area contributed by atoms with Crippen LogP contribution in [0.25, 0.3) is 0 Å². The fraction of sp³-hybridized carbons (Fsp3) is 0.375. The van der Waals surface area contributed by atoms with Crippen molar-refractivity contribution in [2.24, 2.45) is 12.5 Å². The summed E-state index contributed by atoms with van der Waals surface area (Å²) in [6.07, 6.45) is 5.47. The number of furan rings is 1. The van der Waals surface area contributed by atoms with Gasteiger partial charge in [0, 0.05) is 62.6 Å². The predicted molar refractivity (Wildman–Crippen MR) is 120 cm³/mol. The average molecular weight is 447 g/mol. The van der Waals surface area contributed by atoms with Crippen molar-refractivity contribution >= 4 is 17.6 Å². The maximum Gasteiger partial charge on any atom is 0.317 e. The van der Waals surface area contributed by atoms with Crippen LogP contribution in [0.1, 0.15) is 16.9 Å². The molecule has 2 N–H and O–H groups in total. The monoisotopic (exact) mass is 446 g/mol. The SMILES string of the molecule is Cn1cc(CN2CC3(CN(C(=O)NCc4ccco4)C3)C3(C2)C(=O)Nc2ccccc23)cn1. The van der Waals surface area contributed by atoms with Crippen LogP contribution < -0.4 is 10.6 Å². The van der Waals surface area contributed by atoms with E-state index in [0.717, 1.165) is 29.9 Å². The lowest BCUT2D eigenvalue weighted by atomic mass is 9.58. The van der Waals surface area contributed by atoms with Crippen LogP contribution in [0, 0.1) is 5.41 Å². The molecule has 2 spiro atoms. The predicted octanol–water partition coefficient (Wildman–Crippen LogP) is 1.93. The number of nitrogens with zero attached hydrogens (tertiary/aromatic N) is 4. The summed E-state index contributed by atoms with van der Waals surface area (Å²) >= 11 is 0. The first kappa shape index (κ1) is 20.0. The minimum atomic E-state index is -0.677. The molecule has 1 unspecified atom stereocenters. The van der Waals surface area contributed by atoms with E-state index in [-0.39, 0.29) is 17.4 Å². The van der Waals surface area contributed by atoms with Crippen molar-refractivity contribution < 1.29 is 14.0 Å². The van der Waals surface area contributed by atoms with E-state index in [2.05, 4.69) is 26.7 Å². The Kier molecular flexibility index (Phi) is 4.38. The van der Waals surface area contributed by atoms with E-state index >= 15 is 0 Å². The van der Waals surface area contributed by atoms with Crippen LogP contribution in [0.5, 0.6) is 0 Å². The summed E-state index contributed by atoms with van der Waals surface area (Å²) in [5, 5.41) is 10.3. The third kappa shape index (κ3) is 2.99. The molecule has 1 atom stereocenters. The molecule has 9 nitrogen and oxygen atoms in total. The van der Waals surface area contributed by atoms with Crippen LogP contribution in [0.15, 0.2) is 59.5 Å². The summed E-state index contributed by atoms with van der Waals surface area (Å²) in [7, 11) is 1.91. The molecule has 3 amide bonds. The number of aryl methyl sites for hydroxylation is 1. The van der Waals surface area contributed by atoms with E-state index in [9.17, 15) is 9.59 Å². The van der Waals surface area contributed by atoms with Gasteiger partial charge in [0.05, 0.1) is 24.4 Å². The molecule has 3 aromatic rings. The number of rotatable bonds is 4. The molecule has 2 fully saturated rings. The van der Waals surface area contributed by atoms with Gasteiger partial charge < -0.3 is 20.0 Å². The molecular formula is C24H26N6O3. The van der Waals surface area contributed by atoms with Crippen LogP contribution in [0.4, 0.5) is 10.5 Å². The molecule has 6 rings (SSSR count). The highest BCUT2D eigenvalue weighted by atomic mass is 16.3. The molecule has 33 heavy (non-hydrogen) atoms. The van der Waals surface area contributed by atoms with Gasteiger partial charge in [-0.25, -0.2) is 4.79 Å². The maximum absolute atomic E-state index is 13.5. The number of aromatic nitrogens is 2. The number of carbonyl (C=O) groups excluding carboxylic acids is 2.